The van der Waals surface area contributed by atoms with Gasteiger partial charge in [0.15, 0.2) is 5.13 Å². The Labute approximate surface area is 122 Å². The fourth-order valence-corrected chi connectivity index (χ4v) is 2.28. The van der Waals surface area contributed by atoms with E-state index < -0.39 is 11.9 Å². The van der Waals surface area contributed by atoms with Gasteiger partial charge in [0.2, 0.25) is 0 Å². The molecule has 0 unspecified atom stereocenters. The lowest BCUT2D eigenvalue weighted by Gasteiger charge is -2.06. The van der Waals surface area contributed by atoms with E-state index in [0.29, 0.717) is 10.2 Å². The summed E-state index contributed by atoms with van der Waals surface area (Å²) in [6.45, 7) is 0. The minimum absolute atomic E-state index is 0.167. The summed E-state index contributed by atoms with van der Waals surface area (Å²) in [5.74, 6) is -0.615. The average Bonchev–Trinajstić information content (AvgIpc) is 2.81. The van der Waals surface area contributed by atoms with Crippen molar-refractivity contribution in [2.75, 3.05) is 5.32 Å². The van der Waals surface area contributed by atoms with Gasteiger partial charge in [0.25, 0.3) is 5.91 Å². The summed E-state index contributed by atoms with van der Waals surface area (Å²) in [7, 11) is 0. The molecular formula is C11H7Cl2N3O2S. The molecule has 0 atom stereocenters. The highest BCUT2D eigenvalue weighted by Crippen LogP contribution is 2.20. The standard InChI is InChI=1S/C11H7Cl2N3O2S/c12-6-1-2-7(8(13)5-6)9(17)15-10(18)16-11-14-3-4-19-11/h1-5H,(H2,14,15,16,17,18). The van der Waals surface area contributed by atoms with E-state index in [1.54, 1.807) is 5.38 Å². The van der Waals surface area contributed by atoms with E-state index >= 15 is 0 Å². The van der Waals surface area contributed by atoms with Crippen LogP contribution in [0.25, 0.3) is 0 Å². The van der Waals surface area contributed by atoms with Crippen LogP contribution in [0, 0.1) is 0 Å². The molecule has 0 radical (unpaired) electrons. The minimum atomic E-state index is -0.675. The second-order valence-electron chi connectivity index (χ2n) is 3.37. The molecule has 8 heteroatoms. The highest BCUT2D eigenvalue weighted by atomic mass is 35.5. The lowest BCUT2D eigenvalue weighted by molar-refractivity contribution is 0.0967. The summed E-state index contributed by atoms with van der Waals surface area (Å²) >= 11 is 12.8. The highest BCUT2D eigenvalue weighted by molar-refractivity contribution is 7.13. The zero-order valence-electron chi connectivity index (χ0n) is 9.31. The number of benzene rings is 1. The molecule has 0 saturated carbocycles. The molecule has 2 aromatic rings. The number of urea groups is 1. The molecule has 0 spiro atoms. The SMILES string of the molecule is O=C(NC(=O)c1ccc(Cl)cc1Cl)Nc1nccs1. The van der Waals surface area contributed by atoms with Crippen molar-refractivity contribution in [3.63, 3.8) is 0 Å². The van der Waals surface area contributed by atoms with Gasteiger partial charge in [-0.2, -0.15) is 0 Å². The van der Waals surface area contributed by atoms with Crippen LogP contribution >= 0.6 is 34.5 Å². The summed E-state index contributed by atoms with van der Waals surface area (Å²) in [5, 5.41) is 7.25. The number of aromatic nitrogens is 1. The van der Waals surface area contributed by atoms with Gasteiger partial charge in [-0.15, -0.1) is 11.3 Å². The van der Waals surface area contributed by atoms with Crippen molar-refractivity contribution >= 4 is 51.6 Å². The van der Waals surface area contributed by atoms with Crippen molar-refractivity contribution in [3.05, 3.63) is 45.4 Å². The zero-order chi connectivity index (χ0) is 13.8. The van der Waals surface area contributed by atoms with Crippen LogP contribution in [0.3, 0.4) is 0 Å². The van der Waals surface area contributed by atoms with Crippen LogP contribution in [-0.4, -0.2) is 16.9 Å². The van der Waals surface area contributed by atoms with Crippen LogP contribution in [0.1, 0.15) is 10.4 Å². The van der Waals surface area contributed by atoms with E-state index in [-0.39, 0.29) is 10.6 Å². The van der Waals surface area contributed by atoms with E-state index in [1.165, 1.54) is 35.7 Å². The van der Waals surface area contributed by atoms with Crippen molar-refractivity contribution in [2.45, 2.75) is 0 Å². The van der Waals surface area contributed by atoms with E-state index in [1.807, 2.05) is 0 Å². The predicted octanol–water partition coefficient (Wildman–Crippen LogP) is 3.41. The number of rotatable bonds is 2. The van der Waals surface area contributed by atoms with Crippen LogP contribution in [0.2, 0.25) is 10.0 Å². The molecule has 0 saturated heterocycles. The largest absolute Gasteiger partial charge is 0.327 e. The first kappa shape index (κ1) is 13.8. The van der Waals surface area contributed by atoms with Crippen LogP contribution in [0.4, 0.5) is 9.93 Å². The number of nitrogens with one attached hydrogen (secondary N) is 2. The van der Waals surface area contributed by atoms with Crippen LogP contribution in [0.15, 0.2) is 29.8 Å². The van der Waals surface area contributed by atoms with Gasteiger partial charge in [-0.1, -0.05) is 23.2 Å². The molecule has 0 fully saturated rings. The van der Waals surface area contributed by atoms with Gasteiger partial charge in [0, 0.05) is 16.6 Å². The van der Waals surface area contributed by atoms with E-state index in [9.17, 15) is 9.59 Å². The van der Waals surface area contributed by atoms with E-state index in [4.69, 9.17) is 23.2 Å². The number of thiazole rings is 1. The van der Waals surface area contributed by atoms with Crippen molar-refractivity contribution in [2.24, 2.45) is 0 Å². The van der Waals surface area contributed by atoms with Gasteiger partial charge >= 0.3 is 6.03 Å². The molecule has 19 heavy (non-hydrogen) atoms. The number of hydrogen-bond acceptors (Lipinski definition) is 4. The van der Waals surface area contributed by atoms with Crippen molar-refractivity contribution < 1.29 is 9.59 Å². The smallest absolute Gasteiger partial charge is 0.283 e. The number of anilines is 1. The summed E-state index contributed by atoms with van der Waals surface area (Å²) < 4.78 is 0. The van der Waals surface area contributed by atoms with Gasteiger partial charge in [-0.05, 0) is 18.2 Å². The Hall–Kier alpha value is -1.63. The van der Waals surface area contributed by atoms with Crippen molar-refractivity contribution in [1.82, 2.24) is 10.3 Å². The number of halogens is 2. The Balaban J connectivity index is 2.02. The molecule has 2 rings (SSSR count). The van der Waals surface area contributed by atoms with Gasteiger partial charge < -0.3 is 0 Å². The molecule has 1 heterocycles. The molecule has 1 aromatic carbocycles. The fraction of sp³-hybridized carbons (Fsp3) is 0. The van der Waals surface area contributed by atoms with Gasteiger partial charge in [0.1, 0.15) is 0 Å². The number of nitrogens with zero attached hydrogens (tertiary/aromatic N) is 1. The number of hydrogen-bond donors (Lipinski definition) is 2. The van der Waals surface area contributed by atoms with E-state index in [0.717, 1.165) is 0 Å². The molecule has 0 aliphatic carbocycles. The lowest BCUT2D eigenvalue weighted by atomic mass is 10.2. The minimum Gasteiger partial charge on any atom is -0.283 e. The fourth-order valence-electron chi connectivity index (χ4n) is 1.26. The molecule has 1 aromatic heterocycles. The maximum absolute atomic E-state index is 11.8. The highest BCUT2D eigenvalue weighted by Gasteiger charge is 2.14. The second-order valence-corrected chi connectivity index (χ2v) is 5.11. The maximum Gasteiger partial charge on any atom is 0.327 e. The molecule has 0 aliphatic heterocycles. The third-order valence-electron chi connectivity index (χ3n) is 2.06. The van der Waals surface area contributed by atoms with E-state index in [2.05, 4.69) is 15.6 Å². The Morgan fingerprint density at radius 3 is 2.68 bits per heavy atom. The number of amides is 3. The average molecular weight is 316 g/mol. The Morgan fingerprint density at radius 1 is 1.26 bits per heavy atom. The Bertz CT molecular complexity index is 616. The van der Waals surface area contributed by atoms with Gasteiger partial charge in [-0.3, -0.25) is 15.4 Å². The number of imide groups is 1. The van der Waals surface area contributed by atoms with Crippen molar-refractivity contribution in [1.29, 1.82) is 0 Å². The molecule has 0 bridgehead atoms. The summed E-state index contributed by atoms with van der Waals surface area (Å²) in [6, 6.07) is 3.71. The second kappa shape index (κ2) is 6.01. The van der Waals surface area contributed by atoms with Gasteiger partial charge in [0.05, 0.1) is 10.6 Å². The molecule has 0 aliphatic rings. The van der Waals surface area contributed by atoms with Crippen LogP contribution < -0.4 is 10.6 Å². The third kappa shape index (κ3) is 3.66. The first-order chi connectivity index (χ1) is 9.06. The first-order valence-corrected chi connectivity index (χ1v) is 6.66. The topological polar surface area (TPSA) is 71.1 Å². The summed E-state index contributed by atoms with van der Waals surface area (Å²) in [6.07, 6.45) is 1.54. The quantitative estimate of drug-likeness (QED) is 0.892. The number of carbonyl (C=O) groups excluding carboxylic acids is 2. The van der Waals surface area contributed by atoms with Crippen molar-refractivity contribution in [3.8, 4) is 0 Å². The number of carbonyl (C=O) groups is 2. The van der Waals surface area contributed by atoms with Crippen LogP contribution in [0.5, 0.6) is 0 Å². The summed E-state index contributed by atoms with van der Waals surface area (Å²) in [4.78, 5) is 27.2. The molecule has 3 amide bonds. The molecular weight excluding hydrogens is 309 g/mol. The monoisotopic (exact) mass is 315 g/mol. The lowest BCUT2D eigenvalue weighted by Crippen LogP contribution is -2.34. The third-order valence-corrected chi connectivity index (χ3v) is 3.29. The zero-order valence-corrected chi connectivity index (χ0v) is 11.6. The summed E-state index contributed by atoms with van der Waals surface area (Å²) in [5.41, 5.74) is 0.167. The normalized spacial score (nSPS) is 10.0. The first-order valence-electron chi connectivity index (χ1n) is 5.03. The maximum atomic E-state index is 11.8. The molecule has 2 N–H and O–H groups in total. The Kier molecular flexibility index (Phi) is 4.36. The molecule has 98 valence electrons. The Morgan fingerprint density at radius 2 is 2.05 bits per heavy atom. The van der Waals surface area contributed by atoms with Gasteiger partial charge in [-0.25, -0.2) is 9.78 Å². The molecule has 5 nitrogen and oxygen atoms in total. The van der Waals surface area contributed by atoms with Crippen LogP contribution in [-0.2, 0) is 0 Å². The predicted molar refractivity (Wildman–Crippen MR) is 75.1 cm³/mol.